The fourth-order valence-electron chi connectivity index (χ4n) is 1.32. The van der Waals surface area contributed by atoms with Crippen LogP contribution in [0.3, 0.4) is 0 Å². The van der Waals surface area contributed by atoms with E-state index in [1.54, 1.807) is 0 Å². The fraction of sp³-hybridized carbons (Fsp3) is 0.100. The maximum absolute atomic E-state index is 10.7. The molecule has 66 valence electrons. The number of hydrogen-bond acceptors (Lipinski definition) is 2. The molecule has 0 aliphatic rings. The first-order chi connectivity index (χ1) is 6.24. The van der Waals surface area contributed by atoms with Gasteiger partial charge in [-0.1, -0.05) is 18.2 Å². The summed E-state index contributed by atoms with van der Waals surface area (Å²) in [4.78, 5) is 11.5. The predicted molar refractivity (Wildman–Crippen MR) is 59.6 cm³/mol. The van der Waals surface area contributed by atoms with E-state index in [-0.39, 0.29) is 0 Å². The minimum absolute atomic E-state index is 0.768. The second-order valence-electron chi connectivity index (χ2n) is 2.85. The molecule has 0 unspecified atom stereocenters. The molecule has 1 aromatic carbocycles. The van der Waals surface area contributed by atoms with E-state index in [0.29, 0.717) is 0 Å². The molecule has 0 saturated carbocycles. The zero-order valence-corrected chi connectivity index (χ0v) is 9.41. The molecule has 0 spiro atoms. The van der Waals surface area contributed by atoms with Crippen molar-refractivity contribution >= 4 is 43.6 Å². The Balaban J connectivity index is 2.91. The SMILES string of the molecule is Cc1cccc2c(Br)c(C=O)sc12. The van der Waals surface area contributed by atoms with Crippen molar-refractivity contribution in [3.05, 3.63) is 33.1 Å². The largest absolute Gasteiger partial charge is 0.297 e. The molecule has 0 amide bonds. The Morgan fingerprint density at radius 3 is 2.85 bits per heavy atom. The van der Waals surface area contributed by atoms with Crippen molar-refractivity contribution in [2.24, 2.45) is 0 Å². The van der Waals surface area contributed by atoms with Gasteiger partial charge >= 0.3 is 0 Å². The van der Waals surface area contributed by atoms with Crippen LogP contribution in [0.2, 0.25) is 0 Å². The van der Waals surface area contributed by atoms with Crippen molar-refractivity contribution in [1.29, 1.82) is 0 Å². The Morgan fingerprint density at radius 2 is 2.23 bits per heavy atom. The summed E-state index contributed by atoms with van der Waals surface area (Å²) < 4.78 is 2.11. The second kappa shape index (κ2) is 3.24. The van der Waals surface area contributed by atoms with Crippen molar-refractivity contribution < 1.29 is 4.79 Å². The zero-order valence-electron chi connectivity index (χ0n) is 7.00. The van der Waals surface area contributed by atoms with E-state index < -0.39 is 0 Å². The fourth-order valence-corrected chi connectivity index (χ4v) is 3.10. The smallest absolute Gasteiger partial charge is 0.161 e. The molecular weight excluding hydrogens is 248 g/mol. The third-order valence-electron chi connectivity index (χ3n) is 1.98. The Labute approximate surface area is 88.5 Å². The molecule has 0 atom stereocenters. The van der Waals surface area contributed by atoms with E-state index in [1.807, 2.05) is 12.1 Å². The molecule has 2 aromatic rings. The van der Waals surface area contributed by atoms with Crippen molar-refractivity contribution in [2.75, 3.05) is 0 Å². The highest BCUT2D eigenvalue weighted by Crippen LogP contribution is 2.35. The standard InChI is InChI=1S/C10H7BrOS/c1-6-3-2-4-7-9(11)8(5-12)13-10(6)7/h2-5H,1H3. The summed E-state index contributed by atoms with van der Waals surface area (Å²) in [5.74, 6) is 0. The second-order valence-corrected chi connectivity index (χ2v) is 4.69. The number of aldehydes is 1. The number of benzene rings is 1. The molecule has 0 aliphatic heterocycles. The first-order valence-corrected chi connectivity index (χ1v) is 5.48. The van der Waals surface area contributed by atoms with Crippen LogP contribution >= 0.6 is 27.3 Å². The Bertz CT molecular complexity index is 473. The normalized spacial score (nSPS) is 10.6. The van der Waals surface area contributed by atoms with Gasteiger partial charge in [0, 0.05) is 14.6 Å². The molecule has 1 aromatic heterocycles. The van der Waals surface area contributed by atoms with Gasteiger partial charge in [0.15, 0.2) is 6.29 Å². The molecule has 3 heteroatoms. The lowest BCUT2D eigenvalue weighted by Crippen LogP contribution is -1.71. The topological polar surface area (TPSA) is 17.1 Å². The van der Waals surface area contributed by atoms with Gasteiger partial charge in [-0.05, 0) is 28.4 Å². The lowest BCUT2D eigenvalue weighted by molar-refractivity contribution is 0.112. The van der Waals surface area contributed by atoms with Crippen LogP contribution in [0.5, 0.6) is 0 Å². The molecule has 0 aliphatic carbocycles. The van der Waals surface area contributed by atoms with Gasteiger partial charge in [-0.15, -0.1) is 11.3 Å². The Kier molecular flexibility index (Phi) is 2.22. The Hall–Kier alpha value is -0.670. The first-order valence-electron chi connectivity index (χ1n) is 3.87. The summed E-state index contributed by atoms with van der Waals surface area (Å²) in [6, 6.07) is 6.08. The van der Waals surface area contributed by atoms with Crippen molar-refractivity contribution in [1.82, 2.24) is 0 Å². The van der Waals surface area contributed by atoms with Crippen molar-refractivity contribution in [3.8, 4) is 0 Å². The van der Waals surface area contributed by atoms with E-state index in [1.165, 1.54) is 21.6 Å². The number of rotatable bonds is 1. The average molecular weight is 255 g/mol. The summed E-state index contributed by atoms with van der Waals surface area (Å²) in [6.07, 6.45) is 0.897. The highest BCUT2D eigenvalue weighted by atomic mass is 79.9. The highest BCUT2D eigenvalue weighted by molar-refractivity contribution is 9.10. The van der Waals surface area contributed by atoms with Gasteiger partial charge in [0.2, 0.25) is 0 Å². The molecule has 2 rings (SSSR count). The zero-order chi connectivity index (χ0) is 9.42. The van der Waals surface area contributed by atoms with E-state index in [2.05, 4.69) is 28.9 Å². The van der Waals surface area contributed by atoms with Gasteiger partial charge < -0.3 is 0 Å². The summed E-state index contributed by atoms with van der Waals surface area (Å²) >= 11 is 4.96. The van der Waals surface area contributed by atoms with Gasteiger partial charge in [0.25, 0.3) is 0 Å². The summed E-state index contributed by atoms with van der Waals surface area (Å²) in [5, 5.41) is 1.13. The van der Waals surface area contributed by atoms with Crippen LogP contribution in [0.4, 0.5) is 0 Å². The lowest BCUT2D eigenvalue weighted by atomic mass is 10.2. The van der Waals surface area contributed by atoms with Crippen LogP contribution in [0.15, 0.2) is 22.7 Å². The quantitative estimate of drug-likeness (QED) is 0.708. The van der Waals surface area contributed by atoms with E-state index >= 15 is 0 Å². The number of fused-ring (bicyclic) bond motifs is 1. The number of thiophene rings is 1. The maximum atomic E-state index is 10.7. The predicted octanol–water partition coefficient (Wildman–Crippen LogP) is 3.78. The number of halogens is 1. The molecule has 0 N–H and O–H groups in total. The van der Waals surface area contributed by atoms with Gasteiger partial charge in [-0.3, -0.25) is 4.79 Å². The van der Waals surface area contributed by atoms with Crippen LogP contribution in [0, 0.1) is 6.92 Å². The third-order valence-corrected chi connectivity index (χ3v) is 4.37. The minimum atomic E-state index is 0.768. The maximum Gasteiger partial charge on any atom is 0.161 e. The summed E-state index contributed by atoms with van der Waals surface area (Å²) in [7, 11) is 0. The van der Waals surface area contributed by atoms with E-state index in [0.717, 1.165) is 21.0 Å². The number of hydrogen-bond donors (Lipinski definition) is 0. The number of carbonyl (C=O) groups is 1. The van der Waals surface area contributed by atoms with Gasteiger partial charge in [-0.25, -0.2) is 0 Å². The van der Waals surface area contributed by atoms with Gasteiger partial charge in [0.1, 0.15) is 0 Å². The van der Waals surface area contributed by atoms with Crippen LogP contribution in [-0.2, 0) is 0 Å². The lowest BCUT2D eigenvalue weighted by Gasteiger charge is -1.93. The Morgan fingerprint density at radius 1 is 1.46 bits per heavy atom. The average Bonchev–Trinajstić information content (AvgIpc) is 2.45. The molecule has 1 nitrogen and oxygen atoms in total. The van der Waals surface area contributed by atoms with Crippen molar-refractivity contribution in [3.63, 3.8) is 0 Å². The van der Waals surface area contributed by atoms with Crippen molar-refractivity contribution in [2.45, 2.75) is 6.92 Å². The minimum Gasteiger partial charge on any atom is -0.297 e. The van der Waals surface area contributed by atoms with Crippen LogP contribution in [-0.4, -0.2) is 6.29 Å². The highest BCUT2D eigenvalue weighted by Gasteiger charge is 2.09. The monoisotopic (exact) mass is 254 g/mol. The van der Waals surface area contributed by atoms with Crippen LogP contribution < -0.4 is 0 Å². The number of aryl methyl sites for hydroxylation is 1. The number of carbonyl (C=O) groups excluding carboxylic acids is 1. The molecule has 0 radical (unpaired) electrons. The molecule has 0 fully saturated rings. The molecule has 0 saturated heterocycles. The van der Waals surface area contributed by atoms with Crippen LogP contribution in [0.25, 0.3) is 10.1 Å². The molecule has 1 heterocycles. The van der Waals surface area contributed by atoms with Gasteiger partial charge in [0.05, 0.1) is 4.88 Å². The first kappa shape index (κ1) is 8.91. The molecule has 0 bridgehead atoms. The molecule has 13 heavy (non-hydrogen) atoms. The van der Waals surface area contributed by atoms with Crippen LogP contribution in [0.1, 0.15) is 15.2 Å². The summed E-state index contributed by atoms with van der Waals surface area (Å²) in [6.45, 7) is 2.06. The van der Waals surface area contributed by atoms with Gasteiger partial charge in [-0.2, -0.15) is 0 Å². The third kappa shape index (κ3) is 1.32. The van der Waals surface area contributed by atoms with E-state index in [4.69, 9.17) is 0 Å². The summed E-state index contributed by atoms with van der Waals surface area (Å²) in [5.41, 5.74) is 1.22. The molecular formula is C10H7BrOS. The van der Waals surface area contributed by atoms with E-state index in [9.17, 15) is 4.79 Å².